The minimum atomic E-state index is -0.332. The molecule has 1 unspecified atom stereocenters. The molecule has 1 aromatic carbocycles. The van der Waals surface area contributed by atoms with Gasteiger partial charge in [-0.1, -0.05) is 37.9 Å². The number of hydrogen-bond acceptors (Lipinski definition) is 1. The Balaban J connectivity index is 3.00. The Hall–Kier alpha value is -0.350. The first kappa shape index (κ1) is 12.7. The number of hydrogen-bond donors (Lipinski definition) is 1. The molecule has 0 bridgehead atoms. The maximum atomic E-state index is 11.0. The van der Waals surface area contributed by atoms with Crippen molar-refractivity contribution in [1.29, 1.82) is 0 Å². The molecule has 1 atom stereocenters. The van der Waals surface area contributed by atoms with Crippen LogP contribution in [0, 0.1) is 13.8 Å². The Bertz CT molecular complexity index is 367. The van der Waals surface area contributed by atoms with E-state index in [4.69, 9.17) is 5.73 Å². The summed E-state index contributed by atoms with van der Waals surface area (Å²) in [5, 5.41) is 0. The molecule has 0 aliphatic heterocycles. The van der Waals surface area contributed by atoms with Gasteiger partial charge in [-0.15, -0.1) is 0 Å². The summed E-state index contributed by atoms with van der Waals surface area (Å²) in [6.45, 7) is 4.08. The van der Waals surface area contributed by atoms with E-state index in [2.05, 4.69) is 37.9 Å². The second kappa shape index (κ2) is 5.12. The van der Waals surface area contributed by atoms with Gasteiger partial charge in [-0.3, -0.25) is 4.79 Å². The second-order valence-electron chi connectivity index (χ2n) is 3.62. The fraction of sp³-hybridized carbons (Fsp3) is 0.364. The molecule has 82 valence electrons. The minimum absolute atomic E-state index is 0.310. The highest BCUT2D eigenvalue weighted by atomic mass is 79.9. The van der Waals surface area contributed by atoms with Crippen LogP contribution >= 0.6 is 31.9 Å². The van der Waals surface area contributed by atoms with Gasteiger partial charge in [-0.25, -0.2) is 0 Å². The lowest BCUT2D eigenvalue weighted by Crippen LogP contribution is -2.25. The number of nitrogens with two attached hydrogens (primary N) is 1. The van der Waals surface area contributed by atoms with Crippen molar-refractivity contribution >= 4 is 37.8 Å². The number of amides is 1. The third-order valence-electron chi connectivity index (χ3n) is 2.25. The van der Waals surface area contributed by atoms with Gasteiger partial charge in [-0.05, 0) is 43.0 Å². The van der Waals surface area contributed by atoms with Crippen LogP contribution in [-0.4, -0.2) is 10.7 Å². The third-order valence-corrected chi connectivity index (χ3v) is 3.74. The van der Waals surface area contributed by atoms with E-state index in [1.165, 1.54) is 11.1 Å². The smallest absolute Gasteiger partial charge is 0.231 e. The van der Waals surface area contributed by atoms with Crippen LogP contribution in [-0.2, 0) is 11.2 Å². The van der Waals surface area contributed by atoms with Gasteiger partial charge in [0.2, 0.25) is 5.91 Å². The van der Waals surface area contributed by atoms with Crippen molar-refractivity contribution in [2.24, 2.45) is 5.73 Å². The maximum Gasteiger partial charge on any atom is 0.231 e. The number of alkyl halides is 1. The Kier molecular flexibility index (Phi) is 4.34. The van der Waals surface area contributed by atoms with E-state index in [9.17, 15) is 4.79 Å². The normalized spacial score (nSPS) is 12.5. The van der Waals surface area contributed by atoms with E-state index in [1.807, 2.05) is 19.9 Å². The van der Waals surface area contributed by atoms with E-state index in [-0.39, 0.29) is 10.7 Å². The number of aryl methyl sites for hydroxylation is 2. The van der Waals surface area contributed by atoms with Gasteiger partial charge < -0.3 is 5.73 Å². The second-order valence-corrected chi connectivity index (χ2v) is 5.58. The Morgan fingerprint density at radius 1 is 1.47 bits per heavy atom. The van der Waals surface area contributed by atoms with Crippen LogP contribution in [0.1, 0.15) is 16.7 Å². The van der Waals surface area contributed by atoms with Crippen LogP contribution in [0.3, 0.4) is 0 Å². The van der Waals surface area contributed by atoms with Crippen LogP contribution < -0.4 is 5.73 Å². The van der Waals surface area contributed by atoms with E-state index in [0.717, 1.165) is 10.0 Å². The SMILES string of the molecule is Cc1cc(C)c(CC(Br)C(N)=O)c(Br)c1. The van der Waals surface area contributed by atoms with Crippen molar-refractivity contribution in [3.05, 3.63) is 33.3 Å². The monoisotopic (exact) mass is 333 g/mol. The molecule has 0 radical (unpaired) electrons. The third kappa shape index (κ3) is 3.31. The quantitative estimate of drug-likeness (QED) is 0.848. The molecule has 1 rings (SSSR count). The van der Waals surface area contributed by atoms with E-state index in [0.29, 0.717) is 6.42 Å². The van der Waals surface area contributed by atoms with Gasteiger partial charge in [0.05, 0.1) is 4.83 Å². The Morgan fingerprint density at radius 3 is 2.53 bits per heavy atom. The number of halogens is 2. The van der Waals surface area contributed by atoms with Crippen molar-refractivity contribution in [2.75, 3.05) is 0 Å². The molecule has 0 fully saturated rings. The lowest BCUT2D eigenvalue weighted by Gasteiger charge is -2.12. The lowest BCUT2D eigenvalue weighted by molar-refractivity contribution is -0.117. The maximum absolute atomic E-state index is 11.0. The van der Waals surface area contributed by atoms with Gasteiger partial charge in [0, 0.05) is 4.47 Å². The van der Waals surface area contributed by atoms with Gasteiger partial charge in [0.15, 0.2) is 0 Å². The minimum Gasteiger partial charge on any atom is -0.369 e. The standard InChI is InChI=1S/C11H13Br2NO/c1-6-3-7(2)8(9(12)4-6)5-10(13)11(14)15/h3-4,10H,5H2,1-2H3,(H2,14,15). The number of carbonyl (C=O) groups excluding carboxylic acids is 1. The number of carbonyl (C=O) groups is 1. The molecule has 2 nitrogen and oxygen atoms in total. The summed E-state index contributed by atoms with van der Waals surface area (Å²) >= 11 is 6.77. The van der Waals surface area contributed by atoms with Crippen LogP contribution in [0.5, 0.6) is 0 Å². The first-order valence-corrected chi connectivity index (χ1v) is 6.31. The van der Waals surface area contributed by atoms with Gasteiger partial charge in [-0.2, -0.15) is 0 Å². The summed E-state index contributed by atoms with van der Waals surface area (Å²) in [4.78, 5) is 10.6. The molecule has 15 heavy (non-hydrogen) atoms. The molecule has 0 heterocycles. The van der Waals surface area contributed by atoms with Gasteiger partial charge in [0.1, 0.15) is 0 Å². The molecular weight excluding hydrogens is 322 g/mol. The lowest BCUT2D eigenvalue weighted by atomic mass is 10.0. The molecule has 0 aromatic heterocycles. The average Bonchev–Trinajstić information content (AvgIpc) is 2.10. The molecule has 0 spiro atoms. The summed E-state index contributed by atoms with van der Waals surface area (Å²) in [7, 11) is 0. The largest absolute Gasteiger partial charge is 0.369 e. The van der Waals surface area contributed by atoms with Crippen LogP contribution in [0.25, 0.3) is 0 Å². The van der Waals surface area contributed by atoms with Crippen LogP contribution in [0.4, 0.5) is 0 Å². The zero-order valence-corrected chi connectivity index (χ0v) is 11.9. The van der Waals surface area contributed by atoms with Crippen LogP contribution in [0.2, 0.25) is 0 Å². The van der Waals surface area contributed by atoms with Crippen molar-refractivity contribution in [1.82, 2.24) is 0 Å². The van der Waals surface area contributed by atoms with Gasteiger partial charge >= 0.3 is 0 Å². The van der Waals surface area contributed by atoms with E-state index < -0.39 is 0 Å². The zero-order valence-electron chi connectivity index (χ0n) is 8.68. The Morgan fingerprint density at radius 2 is 2.07 bits per heavy atom. The highest BCUT2D eigenvalue weighted by molar-refractivity contribution is 9.10. The van der Waals surface area contributed by atoms with Crippen LogP contribution in [0.15, 0.2) is 16.6 Å². The molecule has 0 saturated heterocycles. The number of rotatable bonds is 3. The summed E-state index contributed by atoms with van der Waals surface area (Å²) in [5.74, 6) is -0.332. The molecule has 0 aliphatic rings. The fourth-order valence-corrected chi connectivity index (χ4v) is 2.64. The number of primary amides is 1. The highest BCUT2D eigenvalue weighted by Crippen LogP contribution is 2.25. The first-order valence-electron chi connectivity index (χ1n) is 4.61. The average molecular weight is 335 g/mol. The van der Waals surface area contributed by atoms with Crippen molar-refractivity contribution in [3.63, 3.8) is 0 Å². The first-order chi connectivity index (χ1) is 6.91. The molecule has 0 aliphatic carbocycles. The summed E-state index contributed by atoms with van der Waals surface area (Å²) in [6.07, 6.45) is 0.613. The topological polar surface area (TPSA) is 43.1 Å². The fourth-order valence-electron chi connectivity index (χ4n) is 1.48. The molecule has 1 aromatic rings. The predicted molar refractivity (Wildman–Crippen MR) is 69.2 cm³/mol. The van der Waals surface area contributed by atoms with Gasteiger partial charge in [0.25, 0.3) is 0 Å². The van der Waals surface area contributed by atoms with E-state index in [1.54, 1.807) is 0 Å². The predicted octanol–water partition coefficient (Wildman–Crippen LogP) is 2.86. The summed E-state index contributed by atoms with van der Waals surface area (Å²) < 4.78 is 1.03. The molecule has 2 N–H and O–H groups in total. The van der Waals surface area contributed by atoms with Crippen molar-refractivity contribution in [2.45, 2.75) is 25.1 Å². The zero-order chi connectivity index (χ0) is 11.6. The van der Waals surface area contributed by atoms with Crippen molar-refractivity contribution in [3.8, 4) is 0 Å². The summed E-state index contributed by atoms with van der Waals surface area (Å²) in [6, 6.07) is 4.14. The molecular formula is C11H13Br2NO. The Labute approximate surface area is 106 Å². The highest BCUT2D eigenvalue weighted by Gasteiger charge is 2.15. The molecule has 1 amide bonds. The van der Waals surface area contributed by atoms with E-state index >= 15 is 0 Å². The summed E-state index contributed by atoms with van der Waals surface area (Å²) in [5.41, 5.74) is 8.71. The number of benzene rings is 1. The van der Waals surface area contributed by atoms with Crippen molar-refractivity contribution < 1.29 is 4.79 Å². The molecule has 0 saturated carbocycles. The molecule has 4 heteroatoms.